The molecule has 0 aliphatic heterocycles. The minimum absolute atomic E-state index is 0.306. The Morgan fingerprint density at radius 2 is 1.97 bits per heavy atom. The summed E-state index contributed by atoms with van der Waals surface area (Å²) in [5.41, 5.74) is 5.01. The third kappa shape index (κ3) is 5.19. The van der Waals surface area contributed by atoms with Gasteiger partial charge in [-0.3, -0.25) is 4.68 Å². The first-order chi connectivity index (χ1) is 15.5. The molecule has 0 spiro atoms. The molecule has 1 aliphatic carbocycles. The molecule has 2 heterocycles. The maximum Gasteiger partial charge on any atom is 0.341 e. The number of fused-ring (bicyclic) bond motifs is 1. The summed E-state index contributed by atoms with van der Waals surface area (Å²) in [6, 6.07) is 8.27. The highest BCUT2D eigenvalue weighted by Gasteiger charge is 2.25. The van der Waals surface area contributed by atoms with Crippen molar-refractivity contribution in [3.05, 3.63) is 63.8 Å². The molecule has 1 aromatic carbocycles. The molecular formula is C24H28N4O2S2. The standard InChI is InChI=1S/C24H28N4O2S2/c1-16-9-7-8-10-17(16)14-28-15-18(13-25-28)26-24(31)27-22-21(23(29)30-2)19-11-5-3-4-6-12-20(19)32-22/h7-10,13,15H,3-6,11-12,14H2,1-2H3,(H2,26,27,31). The average Bonchev–Trinajstić information content (AvgIpc) is 3.33. The summed E-state index contributed by atoms with van der Waals surface area (Å²) in [6.07, 6.45) is 10.3. The molecule has 8 heteroatoms. The topological polar surface area (TPSA) is 68.2 Å². The highest BCUT2D eigenvalue weighted by atomic mass is 32.1. The van der Waals surface area contributed by atoms with Crippen LogP contribution < -0.4 is 10.6 Å². The molecule has 4 rings (SSSR count). The van der Waals surface area contributed by atoms with Gasteiger partial charge in [0.15, 0.2) is 5.11 Å². The monoisotopic (exact) mass is 468 g/mol. The Kier molecular flexibility index (Phi) is 7.22. The fraction of sp³-hybridized carbons (Fsp3) is 0.375. The Hall–Kier alpha value is -2.71. The molecule has 0 fully saturated rings. The summed E-state index contributed by atoms with van der Waals surface area (Å²) in [6.45, 7) is 2.79. The van der Waals surface area contributed by atoms with Crippen LogP contribution in [-0.2, 0) is 24.1 Å². The molecule has 2 N–H and O–H groups in total. The van der Waals surface area contributed by atoms with Crippen LogP contribution in [-0.4, -0.2) is 28.0 Å². The molecule has 168 valence electrons. The lowest BCUT2D eigenvalue weighted by Crippen LogP contribution is -2.20. The van der Waals surface area contributed by atoms with Crippen LogP contribution in [0.25, 0.3) is 0 Å². The quantitative estimate of drug-likeness (QED) is 0.378. The van der Waals surface area contributed by atoms with Crippen molar-refractivity contribution in [3.8, 4) is 0 Å². The first-order valence-electron chi connectivity index (χ1n) is 10.9. The summed E-state index contributed by atoms with van der Waals surface area (Å²) in [5.74, 6) is -0.306. The average molecular weight is 469 g/mol. The number of thiocarbonyl (C=S) groups is 1. The Morgan fingerprint density at radius 3 is 2.75 bits per heavy atom. The van der Waals surface area contributed by atoms with E-state index >= 15 is 0 Å². The minimum Gasteiger partial charge on any atom is -0.465 e. The van der Waals surface area contributed by atoms with E-state index in [9.17, 15) is 4.79 Å². The number of ether oxygens (including phenoxy) is 1. The van der Waals surface area contributed by atoms with Gasteiger partial charge < -0.3 is 15.4 Å². The van der Waals surface area contributed by atoms with Crippen LogP contribution in [0.4, 0.5) is 10.7 Å². The summed E-state index contributed by atoms with van der Waals surface area (Å²) in [7, 11) is 1.43. The van der Waals surface area contributed by atoms with Crippen molar-refractivity contribution in [3.63, 3.8) is 0 Å². The van der Waals surface area contributed by atoms with Crippen LogP contribution in [0.3, 0.4) is 0 Å². The van der Waals surface area contributed by atoms with Crippen molar-refractivity contribution in [1.29, 1.82) is 0 Å². The second kappa shape index (κ2) is 10.3. The van der Waals surface area contributed by atoms with Gasteiger partial charge in [0.2, 0.25) is 0 Å². The number of nitrogens with one attached hydrogen (secondary N) is 2. The van der Waals surface area contributed by atoms with E-state index < -0.39 is 0 Å². The molecule has 1 aliphatic rings. The van der Waals surface area contributed by atoms with E-state index in [-0.39, 0.29) is 5.97 Å². The Bertz CT molecular complexity index is 1120. The van der Waals surface area contributed by atoms with Crippen molar-refractivity contribution < 1.29 is 9.53 Å². The lowest BCUT2D eigenvalue weighted by Gasteiger charge is -2.11. The van der Waals surface area contributed by atoms with Crippen molar-refractivity contribution >= 4 is 45.3 Å². The zero-order chi connectivity index (χ0) is 22.5. The second-order valence-electron chi connectivity index (χ2n) is 8.05. The van der Waals surface area contributed by atoms with Gasteiger partial charge in [-0.25, -0.2) is 4.79 Å². The number of hydrogen-bond donors (Lipinski definition) is 2. The van der Waals surface area contributed by atoms with E-state index in [0.29, 0.717) is 17.2 Å². The van der Waals surface area contributed by atoms with Gasteiger partial charge in [-0.2, -0.15) is 5.10 Å². The number of carbonyl (C=O) groups excluding carboxylic acids is 1. The zero-order valence-electron chi connectivity index (χ0n) is 18.4. The molecule has 0 unspecified atom stereocenters. The van der Waals surface area contributed by atoms with E-state index in [1.807, 2.05) is 23.0 Å². The molecule has 0 amide bonds. The zero-order valence-corrected chi connectivity index (χ0v) is 20.1. The van der Waals surface area contributed by atoms with E-state index in [1.165, 1.54) is 36.0 Å². The first-order valence-corrected chi connectivity index (χ1v) is 12.2. The van der Waals surface area contributed by atoms with Crippen LogP contribution in [0, 0.1) is 6.92 Å². The van der Waals surface area contributed by atoms with Gasteiger partial charge in [0.25, 0.3) is 0 Å². The Morgan fingerprint density at radius 1 is 1.19 bits per heavy atom. The minimum atomic E-state index is -0.306. The van der Waals surface area contributed by atoms with Crippen LogP contribution in [0.2, 0.25) is 0 Å². The third-order valence-corrected chi connectivity index (χ3v) is 7.18. The molecule has 0 saturated carbocycles. The van der Waals surface area contributed by atoms with Gasteiger partial charge in [0, 0.05) is 11.1 Å². The summed E-state index contributed by atoms with van der Waals surface area (Å²) >= 11 is 7.17. The van der Waals surface area contributed by atoms with Crippen molar-refractivity contribution in [2.45, 2.75) is 52.0 Å². The molecule has 0 bridgehead atoms. The number of hydrogen-bond acceptors (Lipinski definition) is 5. The lowest BCUT2D eigenvalue weighted by atomic mass is 9.96. The van der Waals surface area contributed by atoms with Gasteiger partial charge >= 0.3 is 5.97 Å². The summed E-state index contributed by atoms with van der Waals surface area (Å²) in [5, 5.41) is 12.1. The lowest BCUT2D eigenvalue weighted by molar-refractivity contribution is 0.0601. The number of rotatable bonds is 5. The predicted molar refractivity (Wildman–Crippen MR) is 134 cm³/mol. The highest BCUT2D eigenvalue weighted by molar-refractivity contribution is 7.80. The number of thiophene rings is 1. The number of benzene rings is 1. The smallest absolute Gasteiger partial charge is 0.341 e. The number of esters is 1. The van der Waals surface area contributed by atoms with E-state index in [1.54, 1.807) is 17.5 Å². The van der Waals surface area contributed by atoms with Crippen LogP contribution >= 0.6 is 23.6 Å². The van der Waals surface area contributed by atoms with Gasteiger partial charge in [0.05, 0.1) is 31.1 Å². The van der Waals surface area contributed by atoms with Gasteiger partial charge in [0.1, 0.15) is 5.00 Å². The largest absolute Gasteiger partial charge is 0.465 e. The number of aryl methyl sites for hydroxylation is 2. The van der Waals surface area contributed by atoms with E-state index in [4.69, 9.17) is 17.0 Å². The maximum absolute atomic E-state index is 12.6. The van der Waals surface area contributed by atoms with E-state index in [2.05, 4.69) is 34.8 Å². The van der Waals surface area contributed by atoms with E-state index in [0.717, 1.165) is 41.9 Å². The molecule has 6 nitrogen and oxygen atoms in total. The van der Waals surface area contributed by atoms with Crippen LogP contribution in [0.15, 0.2) is 36.7 Å². The third-order valence-electron chi connectivity index (χ3n) is 5.77. The fourth-order valence-corrected chi connectivity index (χ4v) is 5.63. The molecular weight excluding hydrogens is 440 g/mol. The van der Waals surface area contributed by atoms with Crippen molar-refractivity contribution in [1.82, 2.24) is 9.78 Å². The SMILES string of the molecule is COC(=O)c1c(NC(=S)Nc2cnn(Cc3ccccc3C)c2)sc2c1CCCCCC2. The van der Waals surface area contributed by atoms with Crippen LogP contribution in [0.5, 0.6) is 0 Å². The van der Waals surface area contributed by atoms with Gasteiger partial charge in [-0.15, -0.1) is 11.3 Å². The number of nitrogens with zero attached hydrogens (tertiary/aromatic N) is 2. The normalized spacial score (nSPS) is 13.6. The molecule has 32 heavy (non-hydrogen) atoms. The number of aromatic nitrogens is 2. The molecule has 0 atom stereocenters. The van der Waals surface area contributed by atoms with Crippen molar-refractivity contribution in [2.24, 2.45) is 0 Å². The summed E-state index contributed by atoms with van der Waals surface area (Å²) < 4.78 is 6.97. The number of anilines is 2. The number of methoxy groups -OCH3 is 1. The highest BCUT2D eigenvalue weighted by Crippen LogP contribution is 2.37. The first kappa shape index (κ1) is 22.5. The summed E-state index contributed by atoms with van der Waals surface area (Å²) in [4.78, 5) is 13.8. The Labute approximate surface area is 198 Å². The molecule has 0 radical (unpaired) electrons. The Balaban J connectivity index is 1.47. The molecule has 0 saturated heterocycles. The fourth-order valence-electron chi connectivity index (χ4n) is 4.07. The molecule has 2 aromatic heterocycles. The van der Waals surface area contributed by atoms with Crippen LogP contribution in [0.1, 0.15) is 57.6 Å². The predicted octanol–water partition coefficient (Wildman–Crippen LogP) is 5.56. The second-order valence-corrected chi connectivity index (χ2v) is 9.56. The van der Waals surface area contributed by atoms with Gasteiger partial charge in [-0.05, 0) is 61.5 Å². The van der Waals surface area contributed by atoms with Crippen molar-refractivity contribution in [2.75, 3.05) is 17.7 Å². The van der Waals surface area contributed by atoms with Gasteiger partial charge in [-0.1, -0.05) is 37.1 Å². The maximum atomic E-state index is 12.6. The number of carbonyl (C=O) groups is 1. The molecule has 3 aromatic rings.